The summed E-state index contributed by atoms with van der Waals surface area (Å²) in [4.78, 5) is 23.2. The minimum absolute atomic E-state index is 0.116. The number of carbonyl (C=O) groups excluding carboxylic acids is 1. The largest absolute Gasteiger partial charge is 0.479 e. The molecule has 21 heavy (non-hydrogen) atoms. The average Bonchev–Trinajstić information content (AvgIpc) is 2.89. The molecule has 114 valence electrons. The number of amides is 1. The van der Waals surface area contributed by atoms with Gasteiger partial charge in [-0.1, -0.05) is 30.3 Å². The highest BCUT2D eigenvalue weighted by Crippen LogP contribution is 2.22. The summed E-state index contributed by atoms with van der Waals surface area (Å²) in [6, 6.07) is 7.71. The summed E-state index contributed by atoms with van der Waals surface area (Å²) in [6.45, 7) is 2.02. The standard InChI is InChI=1S/C16H21NO4/c1-11-7-8-13(21-11)9-10-14(18)17-15(16(19)20)12-5-3-2-4-6-12/h2-6,11,13,15H,7-10H2,1H3,(H,17,18)(H,19,20)/t11-,13-,15+/m0/s1. The first-order valence-electron chi connectivity index (χ1n) is 7.29. The Labute approximate surface area is 124 Å². The molecule has 1 aliphatic rings. The number of benzene rings is 1. The van der Waals surface area contributed by atoms with E-state index in [1.807, 2.05) is 13.0 Å². The molecule has 1 aromatic rings. The topological polar surface area (TPSA) is 75.6 Å². The molecule has 1 amide bonds. The summed E-state index contributed by atoms with van der Waals surface area (Å²) >= 11 is 0. The number of ether oxygens (including phenoxy) is 1. The first-order chi connectivity index (χ1) is 10.1. The van der Waals surface area contributed by atoms with E-state index in [-0.39, 0.29) is 24.5 Å². The Hall–Kier alpha value is -1.88. The van der Waals surface area contributed by atoms with Crippen molar-refractivity contribution in [1.29, 1.82) is 0 Å². The second-order valence-corrected chi connectivity index (χ2v) is 5.43. The van der Waals surface area contributed by atoms with Crippen LogP contribution in [0.25, 0.3) is 0 Å². The molecule has 1 saturated heterocycles. The Balaban J connectivity index is 1.86. The predicted octanol–water partition coefficient (Wildman–Crippen LogP) is 2.28. The third kappa shape index (κ3) is 4.56. The molecule has 0 bridgehead atoms. The normalized spacial score (nSPS) is 22.7. The van der Waals surface area contributed by atoms with Crippen LogP contribution in [0.4, 0.5) is 0 Å². The van der Waals surface area contributed by atoms with Crippen LogP contribution in [0.1, 0.15) is 44.2 Å². The lowest BCUT2D eigenvalue weighted by atomic mass is 10.1. The van der Waals surface area contributed by atoms with Gasteiger partial charge in [-0.25, -0.2) is 4.79 Å². The maximum atomic E-state index is 11.9. The Morgan fingerprint density at radius 2 is 2.05 bits per heavy atom. The van der Waals surface area contributed by atoms with E-state index in [1.54, 1.807) is 24.3 Å². The molecule has 0 radical (unpaired) electrons. The minimum atomic E-state index is -1.06. The third-order valence-corrected chi connectivity index (χ3v) is 3.70. The summed E-state index contributed by atoms with van der Waals surface area (Å²) in [5.41, 5.74) is 0.573. The van der Waals surface area contributed by atoms with E-state index in [0.29, 0.717) is 12.0 Å². The maximum absolute atomic E-state index is 11.9. The molecule has 0 aromatic heterocycles. The quantitative estimate of drug-likeness (QED) is 0.843. The maximum Gasteiger partial charge on any atom is 0.330 e. The average molecular weight is 291 g/mol. The van der Waals surface area contributed by atoms with Gasteiger partial charge in [0.1, 0.15) is 0 Å². The molecule has 0 aliphatic carbocycles. The van der Waals surface area contributed by atoms with Crippen molar-refractivity contribution in [3.63, 3.8) is 0 Å². The fraction of sp³-hybridized carbons (Fsp3) is 0.500. The number of carboxylic acid groups (broad SMARTS) is 1. The molecule has 2 rings (SSSR count). The summed E-state index contributed by atoms with van der Waals surface area (Å²) in [5, 5.41) is 11.8. The summed E-state index contributed by atoms with van der Waals surface area (Å²) in [5.74, 6) is -1.31. The van der Waals surface area contributed by atoms with Gasteiger partial charge in [-0.3, -0.25) is 4.79 Å². The molecule has 1 fully saturated rings. The highest BCUT2D eigenvalue weighted by atomic mass is 16.5. The van der Waals surface area contributed by atoms with Crippen LogP contribution in [0.3, 0.4) is 0 Å². The van der Waals surface area contributed by atoms with Gasteiger partial charge in [0.15, 0.2) is 6.04 Å². The molecule has 3 atom stereocenters. The van der Waals surface area contributed by atoms with Gasteiger partial charge in [0.25, 0.3) is 0 Å². The number of nitrogens with one attached hydrogen (secondary N) is 1. The second kappa shape index (κ2) is 7.22. The van der Waals surface area contributed by atoms with E-state index in [2.05, 4.69) is 5.32 Å². The zero-order valence-electron chi connectivity index (χ0n) is 12.1. The van der Waals surface area contributed by atoms with Crippen molar-refractivity contribution >= 4 is 11.9 Å². The van der Waals surface area contributed by atoms with Crippen LogP contribution >= 0.6 is 0 Å². The van der Waals surface area contributed by atoms with Gasteiger partial charge in [0, 0.05) is 6.42 Å². The molecule has 2 N–H and O–H groups in total. The van der Waals surface area contributed by atoms with E-state index in [1.165, 1.54) is 0 Å². The zero-order valence-corrected chi connectivity index (χ0v) is 12.1. The fourth-order valence-corrected chi connectivity index (χ4v) is 2.56. The second-order valence-electron chi connectivity index (χ2n) is 5.43. The van der Waals surface area contributed by atoms with Gasteiger partial charge in [-0.15, -0.1) is 0 Å². The number of rotatable bonds is 6. The first kappa shape index (κ1) is 15.5. The monoisotopic (exact) mass is 291 g/mol. The van der Waals surface area contributed by atoms with Crippen LogP contribution in [-0.4, -0.2) is 29.2 Å². The van der Waals surface area contributed by atoms with Crippen LogP contribution in [0.2, 0.25) is 0 Å². The highest BCUT2D eigenvalue weighted by molar-refractivity contribution is 5.84. The lowest BCUT2D eigenvalue weighted by Gasteiger charge is -2.16. The molecule has 1 aromatic carbocycles. The summed E-state index contributed by atoms with van der Waals surface area (Å²) < 4.78 is 5.65. The molecule has 0 unspecified atom stereocenters. The molecule has 1 heterocycles. The number of aliphatic carboxylic acids is 1. The zero-order chi connectivity index (χ0) is 15.2. The first-order valence-corrected chi connectivity index (χ1v) is 7.29. The van der Waals surface area contributed by atoms with Gasteiger partial charge in [0.05, 0.1) is 12.2 Å². The highest BCUT2D eigenvalue weighted by Gasteiger charge is 2.25. The summed E-state index contributed by atoms with van der Waals surface area (Å²) in [7, 11) is 0. The molecule has 0 spiro atoms. The number of carboxylic acids is 1. The van der Waals surface area contributed by atoms with Crippen LogP contribution < -0.4 is 5.32 Å². The molecule has 0 saturated carbocycles. The van der Waals surface area contributed by atoms with E-state index in [4.69, 9.17) is 4.74 Å². The Morgan fingerprint density at radius 1 is 1.33 bits per heavy atom. The Morgan fingerprint density at radius 3 is 2.62 bits per heavy atom. The van der Waals surface area contributed by atoms with Crippen molar-refractivity contribution < 1.29 is 19.4 Å². The van der Waals surface area contributed by atoms with Crippen molar-refractivity contribution in [3.05, 3.63) is 35.9 Å². The number of hydrogen-bond acceptors (Lipinski definition) is 3. The van der Waals surface area contributed by atoms with Gasteiger partial charge in [-0.2, -0.15) is 0 Å². The Kier molecular flexibility index (Phi) is 5.33. The summed E-state index contributed by atoms with van der Waals surface area (Å²) in [6.07, 6.45) is 3.29. The van der Waals surface area contributed by atoms with Crippen molar-refractivity contribution in [2.75, 3.05) is 0 Å². The van der Waals surface area contributed by atoms with Crippen LogP contribution in [0.15, 0.2) is 30.3 Å². The number of carbonyl (C=O) groups is 2. The van der Waals surface area contributed by atoms with E-state index in [0.717, 1.165) is 12.8 Å². The van der Waals surface area contributed by atoms with Crippen LogP contribution in [0, 0.1) is 0 Å². The van der Waals surface area contributed by atoms with Gasteiger partial charge >= 0.3 is 5.97 Å². The van der Waals surface area contributed by atoms with Gasteiger partial charge < -0.3 is 15.2 Å². The van der Waals surface area contributed by atoms with Crippen LogP contribution in [-0.2, 0) is 14.3 Å². The fourth-order valence-electron chi connectivity index (χ4n) is 2.56. The van der Waals surface area contributed by atoms with Crippen molar-refractivity contribution in [1.82, 2.24) is 5.32 Å². The van der Waals surface area contributed by atoms with E-state index >= 15 is 0 Å². The molecule has 5 nitrogen and oxygen atoms in total. The van der Waals surface area contributed by atoms with Gasteiger partial charge in [-0.05, 0) is 31.7 Å². The van der Waals surface area contributed by atoms with E-state index in [9.17, 15) is 14.7 Å². The SMILES string of the molecule is C[C@H]1CC[C@@H](CCC(=O)N[C@@H](C(=O)O)c2ccccc2)O1. The lowest BCUT2D eigenvalue weighted by Crippen LogP contribution is -2.34. The van der Waals surface area contributed by atoms with Crippen LogP contribution in [0.5, 0.6) is 0 Å². The van der Waals surface area contributed by atoms with Crippen molar-refractivity contribution in [2.45, 2.75) is 50.9 Å². The Bertz CT molecular complexity index is 488. The van der Waals surface area contributed by atoms with Crippen molar-refractivity contribution in [3.8, 4) is 0 Å². The third-order valence-electron chi connectivity index (χ3n) is 3.70. The minimum Gasteiger partial charge on any atom is -0.479 e. The molecule has 5 heteroatoms. The predicted molar refractivity (Wildman–Crippen MR) is 77.8 cm³/mol. The molecule has 1 aliphatic heterocycles. The lowest BCUT2D eigenvalue weighted by molar-refractivity contribution is -0.142. The molecular weight excluding hydrogens is 270 g/mol. The smallest absolute Gasteiger partial charge is 0.330 e. The van der Waals surface area contributed by atoms with Gasteiger partial charge in [0.2, 0.25) is 5.91 Å². The number of hydrogen-bond donors (Lipinski definition) is 2. The van der Waals surface area contributed by atoms with E-state index < -0.39 is 12.0 Å². The molecular formula is C16H21NO4. The van der Waals surface area contributed by atoms with Crippen molar-refractivity contribution in [2.24, 2.45) is 0 Å².